The van der Waals surface area contributed by atoms with E-state index in [1.165, 1.54) is 6.92 Å². The molecule has 9 heteroatoms. The lowest BCUT2D eigenvalue weighted by atomic mass is 10.1. The van der Waals surface area contributed by atoms with E-state index in [1.807, 2.05) is 30.3 Å². The number of hydrogen-bond donors (Lipinski definition) is 3. The number of imide groups is 1. The van der Waals surface area contributed by atoms with Crippen molar-refractivity contribution in [3.8, 4) is 5.75 Å². The Morgan fingerprint density at radius 2 is 1.80 bits per heavy atom. The summed E-state index contributed by atoms with van der Waals surface area (Å²) in [5.74, 6) is -1.63. The molecule has 4 amide bonds. The zero-order valence-electron chi connectivity index (χ0n) is 16.2. The Kier molecular flexibility index (Phi) is 6.63. The van der Waals surface area contributed by atoms with E-state index in [0.29, 0.717) is 11.4 Å². The van der Waals surface area contributed by atoms with Gasteiger partial charge in [0.05, 0.1) is 12.1 Å². The van der Waals surface area contributed by atoms with Gasteiger partial charge in [-0.2, -0.15) is 0 Å². The third-order valence-electron chi connectivity index (χ3n) is 4.27. The zero-order valence-corrected chi connectivity index (χ0v) is 16.2. The molecule has 2 aromatic carbocycles. The van der Waals surface area contributed by atoms with Gasteiger partial charge in [0.15, 0.2) is 12.2 Å². The van der Waals surface area contributed by atoms with Crippen LogP contribution >= 0.6 is 0 Å². The lowest BCUT2D eigenvalue weighted by molar-refractivity contribution is -0.157. The topological polar surface area (TPSA) is 123 Å². The Balaban J connectivity index is 1.44. The van der Waals surface area contributed by atoms with Crippen LogP contribution in [0, 0.1) is 0 Å². The van der Waals surface area contributed by atoms with E-state index in [9.17, 15) is 19.2 Å². The molecule has 1 aliphatic rings. The van der Waals surface area contributed by atoms with Crippen molar-refractivity contribution in [2.24, 2.45) is 0 Å². The Morgan fingerprint density at radius 1 is 1.10 bits per heavy atom. The minimum Gasteiger partial charge on any atom is -0.478 e. The zero-order chi connectivity index (χ0) is 21.5. The van der Waals surface area contributed by atoms with Crippen LogP contribution in [0.1, 0.15) is 18.9 Å². The fraction of sp³-hybridized carbons (Fsp3) is 0.238. The summed E-state index contributed by atoms with van der Waals surface area (Å²) in [7, 11) is 0. The van der Waals surface area contributed by atoms with Crippen molar-refractivity contribution in [3.63, 3.8) is 0 Å². The summed E-state index contributed by atoms with van der Waals surface area (Å²) in [6.45, 7) is 1.57. The number of para-hydroxylation sites is 2. The second-order valence-corrected chi connectivity index (χ2v) is 6.59. The van der Waals surface area contributed by atoms with Gasteiger partial charge in [0.25, 0.3) is 11.8 Å². The highest BCUT2D eigenvalue weighted by atomic mass is 16.6. The number of esters is 1. The van der Waals surface area contributed by atoms with E-state index in [4.69, 9.17) is 9.47 Å². The number of benzene rings is 2. The molecule has 1 aliphatic heterocycles. The number of fused-ring (bicyclic) bond motifs is 1. The second-order valence-electron chi connectivity index (χ2n) is 6.59. The van der Waals surface area contributed by atoms with Crippen LogP contribution in [0.4, 0.5) is 10.5 Å². The predicted octanol–water partition coefficient (Wildman–Crippen LogP) is 1.73. The SMILES string of the molecule is C[C@@H](OC(=O)C[C@@H]1Oc2ccccc2NC1=O)C(=O)NC(=O)NCc1ccccc1. The molecule has 0 spiro atoms. The summed E-state index contributed by atoms with van der Waals surface area (Å²) in [5, 5.41) is 7.28. The van der Waals surface area contributed by atoms with Crippen LogP contribution in [0.2, 0.25) is 0 Å². The maximum Gasteiger partial charge on any atom is 0.321 e. The highest BCUT2D eigenvalue weighted by Crippen LogP contribution is 2.29. The average molecular weight is 411 g/mol. The molecule has 0 aliphatic carbocycles. The molecule has 9 nitrogen and oxygen atoms in total. The number of hydrogen-bond acceptors (Lipinski definition) is 6. The molecule has 0 aromatic heterocycles. The number of rotatable bonds is 6. The van der Waals surface area contributed by atoms with Crippen molar-refractivity contribution < 1.29 is 28.7 Å². The van der Waals surface area contributed by atoms with Gasteiger partial charge in [0, 0.05) is 6.54 Å². The van der Waals surface area contributed by atoms with Crippen LogP contribution in [0.25, 0.3) is 0 Å². The summed E-state index contributed by atoms with van der Waals surface area (Å²) < 4.78 is 10.5. The fourth-order valence-corrected chi connectivity index (χ4v) is 2.71. The van der Waals surface area contributed by atoms with Crippen molar-refractivity contribution in [2.45, 2.75) is 32.1 Å². The highest BCUT2D eigenvalue weighted by molar-refractivity contribution is 6.00. The van der Waals surface area contributed by atoms with Gasteiger partial charge in [-0.1, -0.05) is 42.5 Å². The van der Waals surface area contributed by atoms with Crippen molar-refractivity contribution in [3.05, 3.63) is 60.2 Å². The Labute approximate surface area is 172 Å². The van der Waals surface area contributed by atoms with Crippen LogP contribution in [-0.4, -0.2) is 36.0 Å². The molecule has 0 saturated heterocycles. The van der Waals surface area contributed by atoms with Crippen LogP contribution < -0.4 is 20.7 Å². The molecule has 3 N–H and O–H groups in total. The monoisotopic (exact) mass is 411 g/mol. The summed E-state index contributed by atoms with van der Waals surface area (Å²) in [6, 6.07) is 15.3. The van der Waals surface area contributed by atoms with Gasteiger partial charge in [-0.25, -0.2) is 4.79 Å². The molecular formula is C21H21N3O6. The first-order valence-electron chi connectivity index (χ1n) is 9.31. The van der Waals surface area contributed by atoms with Crippen LogP contribution in [0.5, 0.6) is 5.75 Å². The van der Waals surface area contributed by atoms with Crippen LogP contribution in [0.15, 0.2) is 54.6 Å². The predicted molar refractivity (Wildman–Crippen MR) is 106 cm³/mol. The number of urea groups is 1. The van der Waals surface area contributed by atoms with Crippen molar-refractivity contribution in [2.75, 3.05) is 5.32 Å². The average Bonchev–Trinajstić information content (AvgIpc) is 2.73. The Morgan fingerprint density at radius 3 is 2.57 bits per heavy atom. The maximum absolute atomic E-state index is 12.1. The third kappa shape index (κ3) is 5.57. The highest BCUT2D eigenvalue weighted by Gasteiger charge is 2.31. The first kappa shape index (κ1) is 20.8. The van der Waals surface area contributed by atoms with Gasteiger partial charge >= 0.3 is 12.0 Å². The molecule has 0 unspecified atom stereocenters. The molecule has 30 heavy (non-hydrogen) atoms. The number of nitrogens with one attached hydrogen (secondary N) is 3. The first-order chi connectivity index (χ1) is 14.4. The number of carbonyl (C=O) groups is 4. The van der Waals surface area contributed by atoms with E-state index in [0.717, 1.165) is 5.56 Å². The number of ether oxygens (including phenoxy) is 2. The summed E-state index contributed by atoms with van der Waals surface area (Å²) in [6.07, 6.45) is -2.67. The van der Waals surface area contributed by atoms with E-state index >= 15 is 0 Å². The first-order valence-corrected chi connectivity index (χ1v) is 9.31. The van der Waals surface area contributed by atoms with Crippen molar-refractivity contribution in [1.82, 2.24) is 10.6 Å². The Hall–Kier alpha value is -3.88. The van der Waals surface area contributed by atoms with E-state index in [-0.39, 0.29) is 13.0 Å². The molecule has 0 fully saturated rings. The lowest BCUT2D eigenvalue weighted by Crippen LogP contribution is -2.45. The third-order valence-corrected chi connectivity index (χ3v) is 4.27. The normalized spacial score (nSPS) is 15.6. The quantitative estimate of drug-likeness (QED) is 0.622. The molecule has 0 radical (unpaired) electrons. The number of anilines is 1. The van der Waals surface area contributed by atoms with E-state index in [2.05, 4.69) is 16.0 Å². The molecule has 2 aromatic rings. The molecule has 0 bridgehead atoms. The maximum atomic E-state index is 12.1. The fourth-order valence-electron chi connectivity index (χ4n) is 2.71. The molecule has 2 atom stereocenters. The van der Waals surface area contributed by atoms with Crippen LogP contribution in [-0.2, 0) is 25.7 Å². The molecule has 0 saturated carbocycles. The second kappa shape index (κ2) is 9.55. The summed E-state index contributed by atoms with van der Waals surface area (Å²) in [5.41, 5.74) is 1.38. The van der Waals surface area contributed by atoms with E-state index < -0.39 is 36.0 Å². The minimum absolute atomic E-state index is 0.240. The van der Waals surface area contributed by atoms with E-state index in [1.54, 1.807) is 24.3 Å². The molecular weight excluding hydrogens is 390 g/mol. The summed E-state index contributed by atoms with van der Waals surface area (Å²) in [4.78, 5) is 48.1. The lowest BCUT2D eigenvalue weighted by Gasteiger charge is -2.25. The van der Waals surface area contributed by atoms with Gasteiger partial charge < -0.3 is 20.1 Å². The van der Waals surface area contributed by atoms with Gasteiger partial charge in [0.1, 0.15) is 5.75 Å². The van der Waals surface area contributed by atoms with Crippen molar-refractivity contribution in [1.29, 1.82) is 0 Å². The minimum atomic E-state index is -1.22. The van der Waals surface area contributed by atoms with Crippen molar-refractivity contribution >= 4 is 29.5 Å². The molecule has 156 valence electrons. The molecule has 3 rings (SSSR count). The number of carbonyl (C=O) groups excluding carboxylic acids is 4. The number of amides is 4. The molecule has 1 heterocycles. The van der Waals surface area contributed by atoms with Gasteiger partial charge in [0.2, 0.25) is 0 Å². The van der Waals surface area contributed by atoms with Gasteiger partial charge in [-0.3, -0.25) is 19.7 Å². The summed E-state index contributed by atoms with van der Waals surface area (Å²) >= 11 is 0. The van der Waals surface area contributed by atoms with Gasteiger partial charge in [-0.05, 0) is 24.6 Å². The Bertz CT molecular complexity index is 947. The van der Waals surface area contributed by atoms with Gasteiger partial charge in [-0.15, -0.1) is 0 Å². The largest absolute Gasteiger partial charge is 0.478 e. The standard InChI is InChI=1S/C21H21N3O6/c1-13(19(26)24-21(28)22-12-14-7-3-2-4-8-14)29-18(25)11-17-20(27)23-15-9-5-6-10-16(15)30-17/h2-10,13,17H,11-12H2,1H3,(H,23,27)(H2,22,24,26,28)/t13-,17+/m1/s1. The van der Waals surface area contributed by atoms with Crippen LogP contribution in [0.3, 0.4) is 0 Å². The smallest absolute Gasteiger partial charge is 0.321 e.